The highest BCUT2D eigenvalue weighted by molar-refractivity contribution is 6.32. The molecule has 9 heteroatoms. The summed E-state index contributed by atoms with van der Waals surface area (Å²) in [5.74, 6) is -1.12. The molecule has 6 nitrogen and oxygen atoms in total. The van der Waals surface area contributed by atoms with Crippen LogP contribution in [-0.4, -0.2) is 14.9 Å². The van der Waals surface area contributed by atoms with Crippen molar-refractivity contribution in [2.75, 3.05) is 0 Å². The van der Waals surface area contributed by atoms with Crippen LogP contribution in [0.15, 0.2) is 24.4 Å². The van der Waals surface area contributed by atoms with Gasteiger partial charge in [0, 0.05) is 0 Å². The van der Waals surface area contributed by atoms with Crippen molar-refractivity contribution >= 4 is 28.9 Å². The maximum Gasteiger partial charge on any atom is 0.314 e. The Balaban J connectivity index is 2.43. The molecule has 98 valence electrons. The first-order valence-electron chi connectivity index (χ1n) is 4.77. The van der Waals surface area contributed by atoms with Crippen LogP contribution in [-0.2, 0) is 0 Å². The Kier molecular flexibility index (Phi) is 3.77. The zero-order valence-corrected chi connectivity index (χ0v) is 10.5. The zero-order valence-electron chi connectivity index (χ0n) is 9.01. The molecule has 0 aliphatic carbocycles. The number of nitrogens with zero attached hydrogens (tertiary/aromatic N) is 3. The summed E-state index contributed by atoms with van der Waals surface area (Å²) in [6, 6.07) is 2.84. The first kappa shape index (κ1) is 13.4. The molecule has 0 saturated heterocycles. The van der Waals surface area contributed by atoms with Gasteiger partial charge in [0.2, 0.25) is 16.9 Å². The molecule has 1 aromatic heterocycles. The molecular formula is C10H4Cl2FN3O3. The highest BCUT2D eigenvalue weighted by Gasteiger charge is 2.19. The van der Waals surface area contributed by atoms with Crippen LogP contribution in [0, 0.1) is 15.9 Å². The first-order valence-corrected chi connectivity index (χ1v) is 5.53. The van der Waals surface area contributed by atoms with Gasteiger partial charge in [-0.1, -0.05) is 11.6 Å². The van der Waals surface area contributed by atoms with Crippen LogP contribution < -0.4 is 4.74 Å². The van der Waals surface area contributed by atoms with Crippen molar-refractivity contribution in [1.29, 1.82) is 0 Å². The fraction of sp³-hybridized carbons (Fsp3) is 0. The van der Waals surface area contributed by atoms with Gasteiger partial charge in [-0.25, -0.2) is 9.37 Å². The molecule has 0 aliphatic rings. The van der Waals surface area contributed by atoms with Crippen LogP contribution >= 0.6 is 23.2 Å². The highest BCUT2D eigenvalue weighted by Crippen LogP contribution is 2.34. The minimum atomic E-state index is -0.783. The Morgan fingerprint density at radius 3 is 2.79 bits per heavy atom. The van der Waals surface area contributed by atoms with Gasteiger partial charge in [0.1, 0.15) is 10.8 Å². The third-order valence-electron chi connectivity index (χ3n) is 2.01. The highest BCUT2D eigenvalue weighted by atomic mass is 35.5. The lowest BCUT2D eigenvalue weighted by Crippen LogP contribution is -1.96. The van der Waals surface area contributed by atoms with Gasteiger partial charge in [0.25, 0.3) is 0 Å². The van der Waals surface area contributed by atoms with E-state index in [2.05, 4.69) is 9.97 Å². The van der Waals surface area contributed by atoms with Crippen molar-refractivity contribution in [2.24, 2.45) is 0 Å². The molecule has 0 radical (unpaired) electrons. The molecular weight excluding hydrogens is 300 g/mol. The van der Waals surface area contributed by atoms with Crippen LogP contribution in [0.25, 0.3) is 0 Å². The van der Waals surface area contributed by atoms with E-state index in [0.29, 0.717) is 0 Å². The van der Waals surface area contributed by atoms with Gasteiger partial charge in [-0.3, -0.25) is 10.1 Å². The molecule has 19 heavy (non-hydrogen) atoms. The molecule has 2 rings (SSSR count). The predicted octanol–water partition coefficient (Wildman–Crippen LogP) is 3.62. The topological polar surface area (TPSA) is 78.2 Å². The van der Waals surface area contributed by atoms with Crippen molar-refractivity contribution in [1.82, 2.24) is 9.97 Å². The van der Waals surface area contributed by atoms with Gasteiger partial charge in [0.15, 0.2) is 0 Å². The quantitative estimate of drug-likeness (QED) is 0.491. The second-order valence-corrected chi connectivity index (χ2v) is 4.01. The monoisotopic (exact) mass is 303 g/mol. The van der Waals surface area contributed by atoms with Crippen molar-refractivity contribution in [3.05, 3.63) is 50.6 Å². The van der Waals surface area contributed by atoms with Gasteiger partial charge in [-0.15, -0.1) is 0 Å². The Morgan fingerprint density at radius 2 is 2.11 bits per heavy atom. The lowest BCUT2D eigenvalue weighted by Gasteiger charge is -2.06. The average Bonchev–Trinajstić information content (AvgIpc) is 2.35. The molecule has 0 bridgehead atoms. The fourth-order valence-electron chi connectivity index (χ4n) is 1.23. The minimum Gasteiger partial charge on any atom is -0.430 e. The van der Waals surface area contributed by atoms with E-state index in [9.17, 15) is 14.5 Å². The van der Waals surface area contributed by atoms with Crippen molar-refractivity contribution in [3.8, 4) is 11.6 Å². The van der Waals surface area contributed by atoms with Crippen molar-refractivity contribution in [3.63, 3.8) is 0 Å². The third-order valence-corrected chi connectivity index (χ3v) is 2.45. The van der Waals surface area contributed by atoms with Gasteiger partial charge in [-0.05, 0) is 23.7 Å². The summed E-state index contributed by atoms with van der Waals surface area (Å²) in [6.45, 7) is 0. The molecule has 0 amide bonds. The number of hydrogen-bond acceptors (Lipinski definition) is 5. The van der Waals surface area contributed by atoms with Gasteiger partial charge >= 0.3 is 5.69 Å². The van der Waals surface area contributed by atoms with E-state index in [1.54, 1.807) is 0 Å². The van der Waals surface area contributed by atoms with E-state index in [1.807, 2.05) is 0 Å². The molecule has 1 heterocycles. The van der Waals surface area contributed by atoms with E-state index in [4.69, 9.17) is 27.9 Å². The predicted molar refractivity (Wildman–Crippen MR) is 65.2 cm³/mol. The molecule has 0 unspecified atom stereocenters. The van der Waals surface area contributed by atoms with Gasteiger partial charge < -0.3 is 4.74 Å². The fourth-order valence-corrected chi connectivity index (χ4v) is 1.48. The molecule has 0 aliphatic heterocycles. The number of nitro groups is 1. The van der Waals surface area contributed by atoms with Crippen LogP contribution in [0.1, 0.15) is 0 Å². The van der Waals surface area contributed by atoms with E-state index < -0.39 is 16.4 Å². The molecule has 0 N–H and O–H groups in total. The van der Waals surface area contributed by atoms with Crippen LogP contribution in [0.5, 0.6) is 11.6 Å². The summed E-state index contributed by atoms with van der Waals surface area (Å²) in [6.07, 6.45) is 1.18. The Bertz CT molecular complexity index is 654. The Hall–Kier alpha value is -1.99. The van der Waals surface area contributed by atoms with Crippen LogP contribution in [0.3, 0.4) is 0 Å². The van der Waals surface area contributed by atoms with E-state index >= 15 is 0 Å². The molecule has 0 saturated carbocycles. The second-order valence-electron chi connectivity index (χ2n) is 3.26. The standard InChI is InChI=1S/C10H4Cl2FN3O3/c11-6-4-14-10(12)15-9(6)19-8-2-1-5(13)3-7(8)16(17)18/h1-4H. The van der Waals surface area contributed by atoms with Crippen molar-refractivity contribution in [2.45, 2.75) is 0 Å². The average molecular weight is 304 g/mol. The molecule has 2 aromatic rings. The van der Waals surface area contributed by atoms with Gasteiger partial charge in [-0.2, -0.15) is 4.98 Å². The summed E-state index contributed by atoms with van der Waals surface area (Å²) in [7, 11) is 0. The molecule has 1 aromatic carbocycles. The maximum absolute atomic E-state index is 13.0. The number of ether oxygens (including phenoxy) is 1. The summed E-state index contributed by atoms with van der Waals surface area (Å²) in [5.41, 5.74) is -0.550. The number of aromatic nitrogens is 2. The number of nitro benzene ring substituents is 1. The Labute approximate surface area is 115 Å². The summed E-state index contributed by atoms with van der Waals surface area (Å²) in [5, 5.41) is 10.7. The SMILES string of the molecule is O=[N+]([O-])c1cc(F)ccc1Oc1nc(Cl)ncc1Cl. The molecule has 0 spiro atoms. The summed E-state index contributed by atoms with van der Waals surface area (Å²) < 4.78 is 18.1. The largest absolute Gasteiger partial charge is 0.430 e. The summed E-state index contributed by atoms with van der Waals surface area (Å²) >= 11 is 11.3. The first-order chi connectivity index (χ1) is 8.97. The summed E-state index contributed by atoms with van der Waals surface area (Å²) in [4.78, 5) is 17.3. The van der Waals surface area contributed by atoms with Crippen molar-refractivity contribution < 1.29 is 14.1 Å². The smallest absolute Gasteiger partial charge is 0.314 e. The number of benzene rings is 1. The Morgan fingerprint density at radius 1 is 1.37 bits per heavy atom. The van der Waals surface area contributed by atoms with E-state index in [-0.39, 0.29) is 21.9 Å². The van der Waals surface area contributed by atoms with Gasteiger partial charge in [0.05, 0.1) is 17.2 Å². The normalized spacial score (nSPS) is 10.3. The van der Waals surface area contributed by atoms with E-state index in [0.717, 1.165) is 18.2 Å². The maximum atomic E-state index is 13.0. The lowest BCUT2D eigenvalue weighted by atomic mass is 10.3. The number of halogens is 3. The second kappa shape index (κ2) is 5.33. The molecule has 0 atom stereocenters. The van der Waals surface area contributed by atoms with E-state index in [1.165, 1.54) is 6.20 Å². The third kappa shape index (κ3) is 3.07. The van der Waals surface area contributed by atoms with Crippen LogP contribution in [0.4, 0.5) is 10.1 Å². The number of hydrogen-bond donors (Lipinski definition) is 0. The zero-order chi connectivity index (χ0) is 14.0. The minimum absolute atomic E-state index is 0.0167. The molecule has 0 fully saturated rings. The van der Waals surface area contributed by atoms with Crippen LogP contribution in [0.2, 0.25) is 10.3 Å². The lowest BCUT2D eigenvalue weighted by molar-refractivity contribution is -0.385. The number of rotatable bonds is 3.